The molecule has 2 amide bonds. The maximum absolute atomic E-state index is 12.8. The van der Waals surface area contributed by atoms with Crippen molar-refractivity contribution in [1.29, 1.82) is 5.26 Å². The SMILES string of the molecule is N#CCN(Cc1ccccc1)C(=O)C(CCSc1ccccc1)C(N)=O. The summed E-state index contributed by atoms with van der Waals surface area (Å²) >= 11 is 1.57. The summed E-state index contributed by atoms with van der Waals surface area (Å²) in [5.41, 5.74) is 6.37. The van der Waals surface area contributed by atoms with E-state index in [1.54, 1.807) is 11.8 Å². The molecule has 0 aromatic heterocycles. The van der Waals surface area contributed by atoms with E-state index in [-0.39, 0.29) is 13.1 Å². The van der Waals surface area contributed by atoms with Crippen molar-refractivity contribution in [2.75, 3.05) is 12.3 Å². The third-order valence-corrected chi connectivity index (χ3v) is 4.89. The first-order chi connectivity index (χ1) is 12.6. The van der Waals surface area contributed by atoms with E-state index in [1.165, 1.54) is 4.90 Å². The van der Waals surface area contributed by atoms with Gasteiger partial charge >= 0.3 is 0 Å². The number of nitriles is 1. The fourth-order valence-electron chi connectivity index (χ4n) is 2.52. The molecule has 2 rings (SSSR count). The van der Waals surface area contributed by atoms with E-state index in [0.717, 1.165) is 10.5 Å². The second-order valence-electron chi connectivity index (χ2n) is 5.74. The van der Waals surface area contributed by atoms with E-state index < -0.39 is 17.7 Å². The summed E-state index contributed by atoms with van der Waals surface area (Å²) in [7, 11) is 0. The van der Waals surface area contributed by atoms with Gasteiger partial charge in [-0.25, -0.2) is 0 Å². The van der Waals surface area contributed by atoms with Crippen molar-refractivity contribution in [2.45, 2.75) is 17.9 Å². The van der Waals surface area contributed by atoms with E-state index in [9.17, 15) is 9.59 Å². The minimum atomic E-state index is -0.928. The second kappa shape index (κ2) is 10.3. The van der Waals surface area contributed by atoms with Gasteiger partial charge in [-0.3, -0.25) is 9.59 Å². The molecule has 0 saturated heterocycles. The molecular weight excluding hydrogens is 346 g/mol. The zero-order valence-electron chi connectivity index (χ0n) is 14.4. The summed E-state index contributed by atoms with van der Waals surface area (Å²) < 4.78 is 0. The van der Waals surface area contributed by atoms with Crippen LogP contribution in [-0.4, -0.2) is 29.0 Å². The molecule has 0 bridgehead atoms. The summed E-state index contributed by atoms with van der Waals surface area (Å²) in [6.45, 7) is 0.201. The molecule has 0 aliphatic heterocycles. The molecule has 2 aromatic rings. The summed E-state index contributed by atoms with van der Waals surface area (Å²) in [4.78, 5) is 27.1. The van der Waals surface area contributed by atoms with Gasteiger partial charge in [0.05, 0.1) is 6.07 Å². The highest BCUT2D eigenvalue weighted by atomic mass is 32.2. The Morgan fingerprint density at radius 1 is 1.08 bits per heavy atom. The van der Waals surface area contributed by atoms with Crippen molar-refractivity contribution in [3.8, 4) is 6.07 Å². The average Bonchev–Trinajstić information content (AvgIpc) is 2.66. The normalized spacial score (nSPS) is 11.3. The van der Waals surface area contributed by atoms with Crippen molar-refractivity contribution in [2.24, 2.45) is 11.7 Å². The van der Waals surface area contributed by atoms with E-state index >= 15 is 0 Å². The fourth-order valence-corrected chi connectivity index (χ4v) is 3.46. The van der Waals surface area contributed by atoms with Crippen LogP contribution in [0.25, 0.3) is 0 Å². The summed E-state index contributed by atoms with van der Waals surface area (Å²) in [5.74, 6) is -1.38. The maximum atomic E-state index is 12.8. The first-order valence-corrected chi connectivity index (χ1v) is 9.27. The Hall–Kier alpha value is -2.78. The molecule has 1 unspecified atom stereocenters. The minimum absolute atomic E-state index is 0.0800. The second-order valence-corrected chi connectivity index (χ2v) is 6.91. The van der Waals surface area contributed by atoms with Gasteiger partial charge < -0.3 is 10.6 Å². The van der Waals surface area contributed by atoms with Gasteiger partial charge in [0, 0.05) is 11.4 Å². The number of primary amides is 1. The number of rotatable bonds is 9. The van der Waals surface area contributed by atoms with Gasteiger partial charge in [0.25, 0.3) is 0 Å². The van der Waals surface area contributed by atoms with Crippen molar-refractivity contribution < 1.29 is 9.59 Å². The van der Waals surface area contributed by atoms with Crippen LogP contribution in [0.15, 0.2) is 65.6 Å². The lowest BCUT2D eigenvalue weighted by Gasteiger charge is -2.24. The molecule has 5 nitrogen and oxygen atoms in total. The van der Waals surface area contributed by atoms with Crippen LogP contribution in [-0.2, 0) is 16.1 Å². The van der Waals surface area contributed by atoms with E-state index in [2.05, 4.69) is 0 Å². The van der Waals surface area contributed by atoms with E-state index in [4.69, 9.17) is 11.0 Å². The van der Waals surface area contributed by atoms with Crippen LogP contribution >= 0.6 is 11.8 Å². The van der Waals surface area contributed by atoms with Crippen molar-refractivity contribution in [3.63, 3.8) is 0 Å². The third-order valence-electron chi connectivity index (χ3n) is 3.85. The standard InChI is InChI=1S/C20H21N3O2S/c21-12-13-23(15-16-7-3-1-4-8-16)20(25)18(19(22)24)11-14-26-17-9-5-2-6-10-17/h1-10,18H,11,13-15H2,(H2,22,24). The zero-order chi connectivity index (χ0) is 18.8. The van der Waals surface area contributed by atoms with Gasteiger partial charge in [-0.1, -0.05) is 48.5 Å². The van der Waals surface area contributed by atoms with Crippen LogP contribution in [0, 0.1) is 17.2 Å². The number of hydrogen-bond donors (Lipinski definition) is 1. The lowest BCUT2D eigenvalue weighted by Crippen LogP contribution is -2.42. The number of nitrogens with two attached hydrogens (primary N) is 1. The number of amides is 2. The van der Waals surface area contributed by atoms with E-state index in [0.29, 0.717) is 12.2 Å². The van der Waals surface area contributed by atoms with Crippen LogP contribution in [0.1, 0.15) is 12.0 Å². The predicted octanol–water partition coefficient (Wildman–Crippen LogP) is 2.82. The average molecular weight is 367 g/mol. The van der Waals surface area contributed by atoms with Gasteiger partial charge in [0.2, 0.25) is 11.8 Å². The van der Waals surface area contributed by atoms with Gasteiger partial charge in [0.1, 0.15) is 12.5 Å². The van der Waals surface area contributed by atoms with E-state index in [1.807, 2.05) is 66.7 Å². The van der Waals surface area contributed by atoms with Gasteiger partial charge in [-0.15, -0.1) is 11.8 Å². The van der Waals surface area contributed by atoms with Crippen molar-refractivity contribution in [3.05, 3.63) is 66.2 Å². The number of carbonyl (C=O) groups excluding carboxylic acids is 2. The predicted molar refractivity (Wildman–Crippen MR) is 102 cm³/mol. The topological polar surface area (TPSA) is 87.2 Å². The summed E-state index contributed by atoms with van der Waals surface area (Å²) in [6.07, 6.45) is 0.338. The van der Waals surface area contributed by atoms with Crippen LogP contribution in [0.2, 0.25) is 0 Å². The molecule has 1 atom stereocenters. The Balaban J connectivity index is 2.01. The minimum Gasteiger partial charge on any atom is -0.369 e. The quantitative estimate of drug-likeness (QED) is 0.419. The molecule has 0 saturated carbocycles. The largest absolute Gasteiger partial charge is 0.369 e. The lowest BCUT2D eigenvalue weighted by atomic mass is 10.0. The van der Waals surface area contributed by atoms with Gasteiger partial charge in [-0.05, 0) is 29.9 Å². The Labute approximate surface area is 157 Å². The molecule has 0 fully saturated rings. The zero-order valence-corrected chi connectivity index (χ0v) is 15.2. The molecule has 6 heteroatoms. The molecule has 0 spiro atoms. The first-order valence-electron chi connectivity index (χ1n) is 8.28. The number of hydrogen-bond acceptors (Lipinski definition) is 4. The molecule has 0 aliphatic carbocycles. The Bertz CT molecular complexity index is 760. The molecular formula is C20H21N3O2S. The molecule has 0 radical (unpaired) electrons. The van der Waals surface area contributed by atoms with Gasteiger partial charge in [-0.2, -0.15) is 5.26 Å². The highest BCUT2D eigenvalue weighted by Crippen LogP contribution is 2.21. The molecule has 0 aliphatic rings. The molecule has 2 aromatic carbocycles. The van der Waals surface area contributed by atoms with Crippen molar-refractivity contribution >= 4 is 23.6 Å². The number of nitrogens with zero attached hydrogens (tertiary/aromatic N) is 2. The van der Waals surface area contributed by atoms with Crippen LogP contribution in [0.5, 0.6) is 0 Å². The van der Waals surface area contributed by atoms with Crippen LogP contribution < -0.4 is 5.73 Å². The molecule has 2 N–H and O–H groups in total. The highest BCUT2D eigenvalue weighted by molar-refractivity contribution is 7.99. The van der Waals surface area contributed by atoms with Gasteiger partial charge in [0.15, 0.2) is 0 Å². The first kappa shape index (κ1) is 19.5. The molecule has 26 heavy (non-hydrogen) atoms. The van der Waals surface area contributed by atoms with Crippen LogP contribution in [0.4, 0.5) is 0 Å². The monoisotopic (exact) mass is 367 g/mol. The number of thioether (sulfide) groups is 1. The molecule has 134 valence electrons. The van der Waals surface area contributed by atoms with Crippen molar-refractivity contribution in [1.82, 2.24) is 4.90 Å². The maximum Gasteiger partial charge on any atom is 0.236 e. The summed E-state index contributed by atoms with van der Waals surface area (Å²) in [6, 6.07) is 21.1. The lowest BCUT2D eigenvalue weighted by molar-refractivity contribution is -0.141. The van der Waals surface area contributed by atoms with Crippen LogP contribution in [0.3, 0.4) is 0 Å². The number of carbonyl (C=O) groups is 2. The highest BCUT2D eigenvalue weighted by Gasteiger charge is 2.28. The Morgan fingerprint density at radius 3 is 2.27 bits per heavy atom. The summed E-state index contributed by atoms with van der Waals surface area (Å²) in [5, 5.41) is 9.04. The molecule has 0 heterocycles. The number of benzene rings is 2. The fraction of sp³-hybridized carbons (Fsp3) is 0.250. The smallest absolute Gasteiger partial charge is 0.236 e. The third kappa shape index (κ3) is 5.94. The Morgan fingerprint density at radius 2 is 1.69 bits per heavy atom. The Kier molecular flexibility index (Phi) is 7.72.